The number of aliphatic imine (C=N–C) groups is 1. The predicted octanol–water partition coefficient (Wildman–Crippen LogP) is 2.14. The molecule has 0 bridgehead atoms. The predicted molar refractivity (Wildman–Crippen MR) is 78.7 cm³/mol. The fourth-order valence-electron chi connectivity index (χ4n) is 2.25. The van der Waals surface area contributed by atoms with Crippen LogP contribution in [0.15, 0.2) is 29.3 Å². The lowest BCUT2D eigenvalue weighted by molar-refractivity contribution is 0.207. The maximum absolute atomic E-state index is 5.88. The van der Waals surface area contributed by atoms with Gasteiger partial charge in [-0.1, -0.05) is 23.7 Å². The van der Waals surface area contributed by atoms with Crippen LogP contribution in [0.1, 0.15) is 24.3 Å². The Labute approximate surface area is 119 Å². The van der Waals surface area contributed by atoms with E-state index in [1.54, 1.807) is 7.11 Å². The minimum atomic E-state index is 0.423. The first-order valence-corrected chi connectivity index (χ1v) is 6.87. The van der Waals surface area contributed by atoms with E-state index in [0.717, 1.165) is 17.9 Å². The Hall–Kier alpha value is -1.26. The molecule has 5 heteroatoms. The molecule has 0 radical (unpaired) electrons. The van der Waals surface area contributed by atoms with Crippen molar-refractivity contribution in [3.05, 3.63) is 34.9 Å². The number of hydrogen-bond donors (Lipinski definition) is 2. The lowest BCUT2D eigenvalue weighted by atomic mass is 9.76. The summed E-state index contributed by atoms with van der Waals surface area (Å²) in [5, 5.41) is 4.02. The number of rotatable bonds is 5. The number of methoxy groups -OCH3 is 1. The fourth-order valence-corrected chi connectivity index (χ4v) is 2.38. The number of halogens is 1. The van der Waals surface area contributed by atoms with Crippen LogP contribution in [0, 0.1) is 0 Å². The molecule has 1 aromatic rings. The van der Waals surface area contributed by atoms with E-state index < -0.39 is 0 Å². The standard InChI is InChI=1S/C14H20ClN3O/c1-19-7-6-17-14(16)18-13-8-11(9-13)10-2-4-12(15)5-3-10/h2-5,11,13H,6-9H2,1H3,(H3,16,17,18). The van der Waals surface area contributed by atoms with Gasteiger partial charge in [0.25, 0.3) is 0 Å². The summed E-state index contributed by atoms with van der Waals surface area (Å²) in [7, 11) is 1.65. The van der Waals surface area contributed by atoms with Crippen molar-refractivity contribution in [2.45, 2.75) is 24.8 Å². The molecule has 19 heavy (non-hydrogen) atoms. The highest BCUT2D eigenvalue weighted by molar-refractivity contribution is 6.30. The van der Waals surface area contributed by atoms with Gasteiger partial charge >= 0.3 is 0 Å². The van der Waals surface area contributed by atoms with Gasteiger partial charge in [-0.15, -0.1) is 0 Å². The SMILES string of the molecule is COCCN=C(N)NC1CC(c2ccc(Cl)cc2)C1. The third-order valence-electron chi connectivity index (χ3n) is 3.41. The largest absolute Gasteiger partial charge is 0.383 e. The zero-order valence-corrected chi connectivity index (χ0v) is 11.9. The van der Waals surface area contributed by atoms with Crippen molar-refractivity contribution in [3.8, 4) is 0 Å². The maximum atomic E-state index is 5.88. The van der Waals surface area contributed by atoms with E-state index >= 15 is 0 Å². The van der Waals surface area contributed by atoms with Gasteiger partial charge in [-0.2, -0.15) is 0 Å². The molecule has 4 nitrogen and oxygen atoms in total. The van der Waals surface area contributed by atoms with E-state index in [2.05, 4.69) is 22.4 Å². The van der Waals surface area contributed by atoms with E-state index in [0.29, 0.717) is 31.1 Å². The number of nitrogens with two attached hydrogens (primary N) is 1. The number of guanidine groups is 1. The molecule has 3 N–H and O–H groups in total. The molecule has 0 atom stereocenters. The van der Waals surface area contributed by atoms with Crippen LogP contribution in [0.3, 0.4) is 0 Å². The molecule has 0 unspecified atom stereocenters. The Morgan fingerprint density at radius 2 is 2.11 bits per heavy atom. The van der Waals surface area contributed by atoms with Gasteiger partial charge < -0.3 is 15.8 Å². The quantitative estimate of drug-likeness (QED) is 0.494. The summed E-state index contributed by atoms with van der Waals surface area (Å²) >= 11 is 5.88. The molecule has 0 spiro atoms. The van der Waals surface area contributed by atoms with Crippen molar-refractivity contribution in [1.82, 2.24) is 5.32 Å². The van der Waals surface area contributed by atoms with Crippen molar-refractivity contribution in [2.24, 2.45) is 10.7 Å². The summed E-state index contributed by atoms with van der Waals surface area (Å²) in [6, 6.07) is 8.50. The van der Waals surface area contributed by atoms with Crippen molar-refractivity contribution in [3.63, 3.8) is 0 Å². The summed E-state index contributed by atoms with van der Waals surface area (Å²) in [6.45, 7) is 1.20. The number of hydrogen-bond acceptors (Lipinski definition) is 2. The van der Waals surface area contributed by atoms with Gasteiger partial charge in [0, 0.05) is 18.2 Å². The third kappa shape index (κ3) is 4.11. The number of nitrogens with zero attached hydrogens (tertiary/aromatic N) is 1. The highest BCUT2D eigenvalue weighted by atomic mass is 35.5. The number of ether oxygens (including phenoxy) is 1. The third-order valence-corrected chi connectivity index (χ3v) is 3.66. The van der Waals surface area contributed by atoms with Crippen LogP contribution >= 0.6 is 11.6 Å². The Morgan fingerprint density at radius 3 is 2.74 bits per heavy atom. The van der Waals surface area contributed by atoms with Crippen molar-refractivity contribution < 1.29 is 4.74 Å². The first-order valence-electron chi connectivity index (χ1n) is 6.50. The molecule has 1 saturated carbocycles. The van der Waals surface area contributed by atoms with E-state index in [-0.39, 0.29) is 0 Å². The summed E-state index contributed by atoms with van der Waals surface area (Å²) in [6.07, 6.45) is 2.17. The van der Waals surface area contributed by atoms with Crippen LogP contribution in [-0.4, -0.2) is 32.3 Å². The molecular weight excluding hydrogens is 262 g/mol. The minimum Gasteiger partial charge on any atom is -0.383 e. The van der Waals surface area contributed by atoms with E-state index in [1.165, 1.54) is 5.56 Å². The monoisotopic (exact) mass is 281 g/mol. The maximum Gasteiger partial charge on any atom is 0.188 e. The smallest absolute Gasteiger partial charge is 0.188 e. The Kier molecular flexibility index (Phi) is 5.05. The second-order valence-corrected chi connectivity index (χ2v) is 5.26. The Bertz CT molecular complexity index is 427. The zero-order chi connectivity index (χ0) is 13.7. The highest BCUT2D eigenvalue weighted by Gasteiger charge is 2.30. The summed E-state index contributed by atoms with van der Waals surface area (Å²) in [5.41, 5.74) is 7.14. The first-order chi connectivity index (χ1) is 9.19. The Balaban J connectivity index is 1.74. The normalized spacial score (nSPS) is 22.9. The van der Waals surface area contributed by atoms with Gasteiger partial charge in [0.2, 0.25) is 0 Å². The van der Waals surface area contributed by atoms with Crippen LogP contribution in [0.5, 0.6) is 0 Å². The van der Waals surface area contributed by atoms with Crippen molar-refractivity contribution in [1.29, 1.82) is 0 Å². The van der Waals surface area contributed by atoms with E-state index in [4.69, 9.17) is 22.1 Å². The molecule has 0 aromatic heterocycles. The average molecular weight is 282 g/mol. The Morgan fingerprint density at radius 1 is 1.42 bits per heavy atom. The summed E-state index contributed by atoms with van der Waals surface area (Å²) in [4.78, 5) is 4.19. The van der Waals surface area contributed by atoms with Gasteiger partial charge in [-0.3, -0.25) is 4.99 Å². The lowest BCUT2D eigenvalue weighted by Gasteiger charge is -2.36. The molecule has 1 fully saturated rings. The molecule has 0 aliphatic heterocycles. The molecular formula is C14H20ClN3O. The second kappa shape index (κ2) is 6.78. The molecule has 2 rings (SSSR count). The van der Waals surface area contributed by atoms with Crippen LogP contribution < -0.4 is 11.1 Å². The topological polar surface area (TPSA) is 59.6 Å². The lowest BCUT2D eigenvalue weighted by Crippen LogP contribution is -2.46. The molecule has 1 aliphatic rings. The van der Waals surface area contributed by atoms with E-state index in [9.17, 15) is 0 Å². The fraction of sp³-hybridized carbons (Fsp3) is 0.500. The molecule has 104 valence electrons. The molecule has 0 amide bonds. The zero-order valence-electron chi connectivity index (χ0n) is 11.1. The van der Waals surface area contributed by atoms with Crippen LogP contribution in [0.25, 0.3) is 0 Å². The molecule has 0 saturated heterocycles. The van der Waals surface area contributed by atoms with Gasteiger partial charge in [0.1, 0.15) is 0 Å². The minimum absolute atomic E-state index is 0.423. The number of benzene rings is 1. The van der Waals surface area contributed by atoms with Gasteiger partial charge in [0.15, 0.2) is 5.96 Å². The van der Waals surface area contributed by atoms with Gasteiger partial charge in [-0.25, -0.2) is 0 Å². The molecule has 1 aliphatic carbocycles. The highest BCUT2D eigenvalue weighted by Crippen LogP contribution is 2.37. The molecule has 0 heterocycles. The van der Waals surface area contributed by atoms with Crippen molar-refractivity contribution >= 4 is 17.6 Å². The first kappa shape index (κ1) is 14.2. The van der Waals surface area contributed by atoms with Crippen LogP contribution in [0.2, 0.25) is 5.02 Å². The van der Waals surface area contributed by atoms with Crippen LogP contribution in [-0.2, 0) is 4.74 Å². The summed E-state index contributed by atoms with van der Waals surface area (Å²) < 4.78 is 4.92. The van der Waals surface area contributed by atoms with Crippen molar-refractivity contribution in [2.75, 3.05) is 20.3 Å². The molecule has 1 aromatic carbocycles. The van der Waals surface area contributed by atoms with E-state index in [1.807, 2.05) is 12.1 Å². The van der Waals surface area contributed by atoms with Gasteiger partial charge in [-0.05, 0) is 36.5 Å². The number of nitrogens with one attached hydrogen (secondary N) is 1. The van der Waals surface area contributed by atoms with Crippen LogP contribution in [0.4, 0.5) is 0 Å². The summed E-state index contributed by atoms with van der Waals surface area (Å²) in [5.74, 6) is 1.11. The van der Waals surface area contributed by atoms with Gasteiger partial charge in [0.05, 0.1) is 13.2 Å². The average Bonchev–Trinajstić information content (AvgIpc) is 2.35. The second-order valence-electron chi connectivity index (χ2n) is 4.82.